The van der Waals surface area contributed by atoms with Crippen molar-refractivity contribution in [3.8, 4) is 5.75 Å². The van der Waals surface area contributed by atoms with Crippen LogP contribution in [0.5, 0.6) is 5.75 Å². The standard InChI is InChI=1S/C14H20O3/c1-4-14(16,5-2)10-17-13-8-6-12(7-9-13)11(3)15/h6-9,16H,4-5,10H2,1-3H3. The molecule has 1 aromatic carbocycles. The third kappa shape index (κ3) is 3.86. The van der Waals surface area contributed by atoms with Crippen molar-refractivity contribution in [3.05, 3.63) is 29.8 Å². The quantitative estimate of drug-likeness (QED) is 0.772. The molecule has 1 aromatic rings. The van der Waals surface area contributed by atoms with Crippen LogP contribution in [0, 0.1) is 0 Å². The zero-order valence-corrected chi connectivity index (χ0v) is 10.7. The van der Waals surface area contributed by atoms with Gasteiger partial charge in [0.05, 0.1) is 5.60 Å². The highest BCUT2D eigenvalue weighted by atomic mass is 16.5. The molecule has 3 nitrogen and oxygen atoms in total. The van der Waals surface area contributed by atoms with Crippen molar-refractivity contribution >= 4 is 5.78 Å². The molecule has 0 bridgehead atoms. The molecule has 3 heteroatoms. The van der Waals surface area contributed by atoms with Gasteiger partial charge in [-0.2, -0.15) is 0 Å². The number of rotatable bonds is 6. The molecule has 17 heavy (non-hydrogen) atoms. The molecule has 0 aliphatic rings. The first-order valence-electron chi connectivity index (χ1n) is 5.97. The van der Waals surface area contributed by atoms with Crippen LogP contribution >= 0.6 is 0 Å². The number of benzene rings is 1. The number of aliphatic hydroxyl groups is 1. The van der Waals surface area contributed by atoms with Crippen molar-refractivity contribution in [2.45, 2.75) is 39.2 Å². The van der Waals surface area contributed by atoms with Crippen LogP contribution in [0.25, 0.3) is 0 Å². The van der Waals surface area contributed by atoms with E-state index in [1.165, 1.54) is 6.92 Å². The lowest BCUT2D eigenvalue weighted by atomic mass is 9.99. The number of carbonyl (C=O) groups excluding carboxylic acids is 1. The van der Waals surface area contributed by atoms with E-state index in [4.69, 9.17) is 4.74 Å². The van der Waals surface area contributed by atoms with Gasteiger partial charge in [-0.25, -0.2) is 0 Å². The summed E-state index contributed by atoms with van der Waals surface area (Å²) in [5, 5.41) is 10.1. The largest absolute Gasteiger partial charge is 0.491 e. The summed E-state index contributed by atoms with van der Waals surface area (Å²) in [4.78, 5) is 11.1. The van der Waals surface area contributed by atoms with E-state index in [9.17, 15) is 9.90 Å². The summed E-state index contributed by atoms with van der Waals surface area (Å²) in [6.45, 7) is 5.68. The van der Waals surface area contributed by atoms with Crippen molar-refractivity contribution in [2.24, 2.45) is 0 Å². The molecule has 1 rings (SSSR count). The summed E-state index contributed by atoms with van der Waals surface area (Å²) in [6, 6.07) is 6.97. The Bertz CT molecular complexity index is 364. The van der Waals surface area contributed by atoms with Gasteiger partial charge in [-0.05, 0) is 44.0 Å². The summed E-state index contributed by atoms with van der Waals surface area (Å²) < 4.78 is 5.53. The van der Waals surface area contributed by atoms with Crippen molar-refractivity contribution in [3.63, 3.8) is 0 Å². The van der Waals surface area contributed by atoms with Crippen LogP contribution < -0.4 is 4.74 Å². The number of Topliss-reactive ketones (excluding diaryl/α,β-unsaturated/α-hetero) is 1. The van der Waals surface area contributed by atoms with Gasteiger partial charge < -0.3 is 9.84 Å². The average Bonchev–Trinajstić information content (AvgIpc) is 2.36. The SMILES string of the molecule is CCC(O)(CC)COc1ccc(C(C)=O)cc1. The lowest BCUT2D eigenvalue weighted by Crippen LogP contribution is -2.34. The maximum Gasteiger partial charge on any atom is 0.159 e. The second-order valence-corrected chi connectivity index (χ2v) is 4.30. The summed E-state index contributed by atoms with van der Waals surface area (Å²) in [5.74, 6) is 0.713. The van der Waals surface area contributed by atoms with Crippen LogP contribution in [0.4, 0.5) is 0 Å². The van der Waals surface area contributed by atoms with E-state index in [1.54, 1.807) is 24.3 Å². The van der Waals surface area contributed by atoms with Crippen LogP contribution in [-0.2, 0) is 0 Å². The number of ketones is 1. The van der Waals surface area contributed by atoms with E-state index in [0.29, 0.717) is 24.2 Å². The molecule has 0 atom stereocenters. The monoisotopic (exact) mass is 236 g/mol. The molecule has 0 fully saturated rings. The van der Waals surface area contributed by atoms with Gasteiger partial charge in [-0.15, -0.1) is 0 Å². The predicted molar refractivity (Wildman–Crippen MR) is 67.5 cm³/mol. The van der Waals surface area contributed by atoms with Gasteiger partial charge in [-0.3, -0.25) is 4.79 Å². The van der Waals surface area contributed by atoms with Crippen molar-refractivity contribution in [1.82, 2.24) is 0 Å². The van der Waals surface area contributed by atoms with E-state index >= 15 is 0 Å². The Balaban J connectivity index is 2.61. The van der Waals surface area contributed by atoms with E-state index in [-0.39, 0.29) is 12.4 Å². The zero-order valence-electron chi connectivity index (χ0n) is 10.7. The highest BCUT2D eigenvalue weighted by Crippen LogP contribution is 2.18. The lowest BCUT2D eigenvalue weighted by Gasteiger charge is -2.25. The molecule has 0 saturated heterocycles. The Labute approximate surface area is 102 Å². The van der Waals surface area contributed by atoms with Gasteiger partial charge in [0.1, 0.15) is 12.4 Å². The highest BCUT2D eigenvalue weighted by molar-refractivity contribution is 5.94. The topological polar surface area (TPSA) is 46.5 Å². The second kappa shape index (κ2) is 5.82. The maximum absolute atomic E-state index is 11.1. The minimum absolute atomic E-state index is 0.0372. The average molecular weight is 236 g/mol. The first kappa shape index (κ1) is 13.7. The van der Waals surface area contributed by atoms with Gasteiger partial charge in [0.15, 0.2) is 5.78 Å². The molecule has 0 heterocycles. The Hall–Kier alpha value is -1.35. The third-order valence-electron chi connectivity index (χ3n) is 3.08. The molecule has 0 saturated carbocycles. The Kier molecular flexibility index (Phi) is 4.70. The molecule has 0 unspecified atom stereocenters. The van der Waals surface area contributed by atoms with Gasteiger partial charge in [0, 0.05) is 5.56 Å². The highest BCUT2D eigenvalue weighted by Gasteiger charge is 2.22. The molecule has 94 valence electrons. The van der Waals surface area contributed by atoms with Gasteiger partial charge in [-0.1, -0.05) is 13.8 Å². The molecular formula is C14H20O3. The van der Waals surface area contributed by atoms with Crippen LogP contribution in [-0.4, -0.2) is 23.1 Å². The summed E-state index contributed by atoms with van der Waals surface area (Å²) >= 11 is 0. The van der Waals surface area contributed by atoms with Crippen molar-refractivity contribution in [1.29, 1.82) is 0 Å². The second-order valence-electron chi connectivity index (χ2n) is 4.30. The van der Waals surface area contributed by atoms with Crippen LogP contribution in [0.2, 0.25) is 0 Å². The Morgan fingerprint density at radius 2 is 1.76 bits per heavy atom. The van der Waals surface area contributed by atoms with Crippen molar-refractivity contribution < 1.29 is 14.6 Å². The third-order valence-corrected chi connectivity index (χ3v) is 3.08. The molecule has 0 aliphatic carbocycles. The number of carbonyl (C=O) groups is 1. The van der Waals surface area contributed by atoms with Gasteiger partial charge in [0.25, 0.3) is 0 Å². The molecular weight excluding hydrogens is 216 g/mol. The minimum Gasteiger partial charge on any atom is -0.491 e. The van der Waals surface area contributed by atoms with E-state index in [2.05, 4.69) is 0 Å². The first-order chi connectivity index (χ1) is 8.00. The molecule has 0 aromatic heterocycles. The summed E-state index contributed by atoms with van der Waals surface area (Å²) in [7, 11) is 0. The van der Waals surface area contributed by atoms with Crippen molar-refractivity contribution in [2.75, 3.05) is 6.61 Å². The minimum atomic E-state index is -0.765. The van der Waals surface area contributed by atoms with Gasteiger partial charge in [0.2, 0.25) is 0 Å². The van der Waals surface area contributed by atoms with Gasteiger partial charge >= 0.3 is 0 Å². The van der Waals surface area contributed by atoms with E-state index in [0.717, 1.165) is 0 Å². The molecule has 1 N–H and O–H groups in total. The van der Waals surface area contributed by atoms with E-state index < -0.39 is 5.60 Å². The Morgan fingerprint density at radius 3 is 2.18 bits per heavy atom. The van der Waals surface area contributed by atoms with Crippen LogP contribution in [0.15, 0.2) is 24.3 Å². The van der Waals surface area contributed by atoms with Crippen LogP contribution in [0.3, 0.4) is 0 Å². The fraction of sp³-hybridized carbons (Fsp3) is 0.500. The predicted octanol–water partition coefficient (Wildman–Crippen LogP) is 2.82. The fourth-order valence-corrected chi connectivity index (χ4v) is 1.46. The first-order valence-corrected chi connectivity index (χ1v) is 5.97. The number of hydrogen-bond donors (Lipinski definition) is 1. The summed E-state index contributed by atoms with van der Waals surface area (Å²) in [5.41, 5.74) is -0.0993. The smallest absolute Gasteiger partial charge is 0.159 e. The number of ether oxygens (including phenoxy) is 1. The van der Waals surface area contributed by atoms with E-state index in [1.807, 2.05) is 13.8 Å². The Morgan fingerprint density at radius 1 is 1.24 bits per heavy atom. The van der Waals surface area contributed by atoms with Crippen LogP contribution in [0.1, 0.15) is 44.0 Å². The number of hydrogen-bond acceptors (Lipinski definition) is 3. The zero-order chi connectivity index (χ0) is 12.9. The molecule has 0 aliphatic heterocycles. The molecule has 0 spiro atoms. The molecule has 0 amide bonds. The summed E-state index contributed by atoms with van der Waals surface area (Å²) in [6.07, 6.45) is 1.32. The molecule has 0 radical (unpaired) electrons. The lowest BCUT2D eigenvalue weighted by molar-refractivity contribution is -0.0113. The maximum atomic E-state index is 11.1. The fourth-order valence-electron chi connectivity index (χ4n) is 1.46. The normalized spacial score (nSPS) is 11.3.